The van der Waals surface area contributed by atoms with Crippen molar-refractivity contribution in [1.29, 1.82) is 0 Å². The van der Waals surface area contributed by atoms with Crippen LogP contribution in [0.5, 0.6) is 34.5 Å². The topological polar surface area (TPSA) is 334 Å². The zero-order valence-electron chi connectivity index (χ0n) is 44.5. The number of aromatic hydroxyl groups is 2. The molecule has 3 aromatic carbocycles. The zero-order chi connectivity index (χ0) is 55.8. The van der Waals surface area contributed by atoms with Crippen LogP contribution >= 0.6 is 0 Å². The number of hydrogen-bond donors (Lipinski definition) is 12. The number of esters is 1. The van der Waals surface area contributed by atoms with Crippen LogP contribution in [0.1, 0.15) is 141 Å². The van der Waals surface area contributed by atoms with E-state index in [2.05, 4.69) is 27.5 Å². The summed E-state index contributed by atoms with van der Waals surface area (Å²) >= 11 is 0. The number of carbonyl (C=O) groups is 2. The lowest BCUT2D eigenvalue weighted by Gasteiger charge is -2.55. The van der Waals surface area contributed by atoms with Gasteiger partial charge in [0.15, 0.2) is 41.3 Å². The van der Waals surface area contributed by atoms with E-state index in [4.69, 9.17) is 34.2 Å². The second-order valence-electron chi connectivity index (χ2n) is 22.0. The number of ether oxygens (including phenoxy) is 6. The van der Waals surface area contributed by atoms with Crippen LogP contribution in [0.4, 0.5) is 5.69 Å². The van der Waals surface area contributed by atoms with E-state index in [0.717, 1.165) is 17.5 Å². The molecule has 2 spiro atoms. The van der Waals surface area contributed by atoms with Crippen LogP contribution < -0.4 is 35.3 Å². The van der Waals surface area contributed by atoms with Crippen molar-refractivity contribution in [2.75, 3.05) is 38.4 Å². The molecule has 1 saturated carbocycles. The molecule has 3 aromatic rings. The molecule has 4 bridgehead atoms. The number of anilines is 1. The zero-order valence-corrected chi connectivity index (χ0v) is 44.5. The van der Waals surface area contributed by atoms with Crippen LogP contribution in [0.3, 0.4) is 0 Å². The van der Waals surface area contributed by atoms with Crippen molar-refractivity contribution in [3.05, 3.63) is 63.7 Å². The number of aliphatic hydroxyl groups is 6. The first-order valence-corrected chi connectivity index (χ1v) is 27.2. The number of aliphatic hydroxyl groups excluding tert-OH is 5. The summed E-state index contributed by atoms with van der Waals surface area (Å²) in [7, 11) is 0. The molecule has 1 aliphatic carbocycles. The molecule has 5 aliphatic heterocycles. The lowest BCUT2D eigenvalue weighted by molar-refractivity contribution is -0.382. The number of carboxylic acids is 1. The van der Waals surface area contributed by atoms with Gasteiger partial charge in [-0.05, 0) is 81.3 Å². The number of nitrogens with two attached hydrogens (primary N) is 1. The number of carbonyl (C=O) groups excluding carboxylic acids is 1. The summed E-state index contributed by atoms with van der Waals surface area (Å²) in [4.78, 5) is 32.5. The van der Waals surface area contributed by atoms with Crippen LogP contribution in [0, 0.1) is 29.6 Å². The molecule has 78 heavy (non-hydrogen) atoms. The van der Waals surface area contributed by atoms with E-state index in [9.17, 15) is 55.5 Å². The molecule has 9 rings (SSSR count). The van der Waals surface area contributed by atoms with Crippen molar-refractivity contribution in [3.63, 3.8) is 0 Å². The SMILES string of the molecule is CCc1cccc(CCOc2c(O)c3c4c(c2O)C(=O)O[C@@H](O)[C@@]2(C[C@@H]4CCCO3)O[C@H]3Oc4c(OCN=C(N)NCCCCO)cc(C(=O)O)c5c4C4(CCCC4)[C@@H](C#CC[C@@](O)([C@H]3O)[C@@H]2O)[C@H]([C@H](O)C(C)C)[C@H](C)N5)c1. The number of phenolic OH excluding ortho intramolecular Hbond substituents is 2. The Morgan fingerprint density at radius 1 is 1.04 bits per heavy atom. The van der Waals surface area contributed by atoms with Crippen molar-refractivity contribution < 1.29 is 84.0 Å². The summed E-state index contributed by atoms with van der Waals surface area (Å²) < 4.78 is 37.8. The number of hydrogen-bond acceptors (Lipinski definition) is 18. The third kappa shape index (κ3) is 10.1. The molecule has 5 heterocycles. The first-order chi connectivity index (χ1) is 37.3. The van der Waals surface area contributed by atoms with Gasteiger partial charge >= 0.3 is 11.9 Å². The van der Waals surface area contributed by atoms with Crippen LogP contribution in [-0.2, 0) is 27.7 Å². The molecule has 6 aliphatic rings. The van der Waals surface area contributed by atoms with E-state index in [1.165, 1.54) is 6.07 Å². The number of nitrogens with one attached hydrogen (secondary N) is 2. The summed E-state index contributed by atoms with van der Waals surface area (Å²) in [6.07, 6.45) is -6.47. The summed E-state index contributed by atoms with van der Waals surface area (Å²) in [6, 6.07) is 8.44. The predicted molar refractivity (Wildman–Crippen MR) is 282 cm³/mol. The predicted octanol–water partition coefficient (Wildman–Crippen LogP) is 4.04. The minimum absolute atomic E-state index is 0.0131. The number of benzene rings is 3. The van der Waals surface area contributed by atoms with Crippen LogP contribution in [0.2, 0.25) is 0 Å². The molecule has 21 nitrogen and oxygen atoms in total. The van der Waals surface area contributed by atoms with Crippen molar-refractivity contribution in [3.8, 4) is 46.3 Å². The van der Waals surface area contributed by atoms with Crippen molar-refractivity contribution in [1.82, 2.24) is 5.32 Å². The Morgan fingerprint density at radius 3 is 2.51 bits per heavy atom. The van der Waals surface area contributed by atoms with Gasteiger partial charge in [0.05, 0.1) is 30.6 Å². The van der Waals surface area contributed by atoms with Crippen LogP contribution in [0.25, 0.3) is 0 Å². The van der Waals surface area contributed by atoms with Gasteiger partial charge in [-0.25, -0.2) is 14.6 Å². The Balaban J connectivity index is 1.19. The summed E-state index contributed by atoms with van der Waals surface area (Å²) in [5, 5.41) is 114. The van der Waals surface area contributed by atoms with Gasteiger partial charge in [-0.1, -0.05) is 69.7 Å². The first kappa shape index (κ1) is 56.5. The Kier molecular flexibility index (Phi) is 16.5. The first-order valence-electron chi connectivity index (χ1n) is 27.2. The van der Waals surface area contributed by atoms with Crippen molar-refractivity contribution >= 4 is 23.6 Å². The highest BCUT2D eigenvalue weighted by molar-refractivity contribution is 5.98. The van der Waals surface area contributed by atoms with Crippen molar-refractivity contribution in [2.24, 2.45) is 28.5 Å². The number of fused-ring (bicyclic) bond motifs is 2. The smallest absolute Gasteiger partial charge is 0.344 e. The Bertz CT molecular complexity index is 2830. The van der Waals surface area contributed by atoms with Gasteiger partial charge in [-0.3, -0.25) is 0 Å². The third-order valence-electron chi connectivity index (χ3n) is 16.9. The summed E-state index contributed by atoms with van der Waals surface area (Å²) in [5.41, 5.74) is 1.43. The second kappa shape index (κ2) is 22.8. The van der Waals surface area contributed by atoms with Gasteiger partial charge < -0.3 is 90.7 Å². The Hall–Kier alpha value is -6.25. The van der Waals surface area contributed by atoms with E-state index in [1.807, 2.05) is 52.0 Å². The van der Waals surface area contributed by atoms with Gasteiger partial charge in [0.1, 0.15) is 23.4 Å². The number of unbranched alkanes of at least 4 members (excludes halogenated alkanes) is 1. The van der Waals surface area contributed by atoms with E-state index in [0.29, 0.717) is 51.5 Å². The summed E-state index contributed by atoms with van der Waals surface area (Å²) in [6.45, 7) is 7.44. The minimum atomic E-state index is -2.77. The quantitative estimate of drug-likeness (QED) is 0.0336. The number of nitrogens with zero attached hydrogens (tertiary/aromatic N) is 1. The van der Waals surface area contributed by atoms with Gasteiger partial charge in [0.25, 0.3) is 0 Å². The maximum absolute atomic E-state index is 14.6. The summed E-state index contributed by atoms with van der Waals surface area (Å²) in [5.74, 6) is -1.47. The number of aryl methyl sites for hydroxylation is 1. The lowest BCUT2D eigenvalue weighted by Crippen LogP contribution is -2.76. The fraction of sp³-hybridized carbons (Fsp3) is 0.596. The highest BCUT2D eigenvalue weighted by atomic mass is 16.7. The molecule has 424 valence electrons. The third-order valence-corrected chi connectivity index (χ3v) is 16.9. The Morgan fingerprint density at radius 2 is 1.79 bits per heavy atom. The maximum atomic E-state index is 14.6. The molecule has 11 atom stereocenters. The number of aromatic carboxylic acids is 1. The molecule has 2 fully saturated rings. The maximum Gasteiger partial charge on any atom is 0.344 e. The normalized spacial score (nSPS) is 29.3. The number of cyclic esters (lactones) is 1. The molecule has 13 N–H and O–H groups in total. The van der Waals surface area contributed by atoms with E-state index < -0.39 is 126 Å². The number of guanidine groups is 1. The van der Waals surface area contributed by atoms with E-state index in [1.54, 1.807) is 0 Å². The van der Waals surface area contributed by atoms with Gasteiger partial charge in [0, 0.05) is 66.5 Å². The lowest BCUT2D eigenvalue weighted by atomic mass is 9.61. The molecule has 0 unspecified atom stereocenters. The molecule has 1 saturated heterocycles. The second-order valence-corrected chi connectivity index (χ2v) is 22.0. The van der Waals surface area contributed by atoms with Crippen LogP contribution in [-0.4, -0.2) is 145 Å². The molecular weight excluding hydrogens is 1010 g/mol. The molecular formula is C57H74N4O17. The van der Waals surface area contributed by atoms with E-state index in [-0.39, 0.29) is 84.2 Å². The minimum Gasteiger partial charge on any atom is -0.504 e. The number of aliphatic imine (C=N–C) groups is 1. The highest BCUT2D eigenvalue weighted by Crippen LogP contribution is 2.62. The molecule has 0 radical (unpaired) electrons. The van der Waals surface area contributed by atoms with Gasteiger partial charge in [-0.2, -0.15) is 0 Å². The number of rotatable bonds is 15. The van der Waals surface area contributed by atoms with Crippen molar-refractivity contribution in [2.45, 2.75) is 164 Å². The van der Waals surface area contributed by atoms with Gasteiger partial charge in [-0.15, -0.1) is 0 Å². The van der Waals surface area contributed by atoms with Gasteiger partial charge in [0.2, 0.25) is 24.1 Å². The molecule has 0 amide bonds. The number of carboxylic acid groups (broad SMARTS) is 1. The monoisotopic (exact) mass is 1090 g/mol. The molecule has 21 heteroatoms. The standard InChI is InChI=1S/C57H74N4O17/c1-5-31-13-10-14-32(25-31)17-24-74-47-43(64)39-38-33(15-12-23-73-46(38)44(47)65)27-57(53(71)77-50(39)69)52(70)56(72)20-11-16-35-37(42(63)29(2)3)30(4)61-41-34(49(67)68)26-36(75-28-60-54(58)59-21-8-9-22-62)45(76-51(78-57)48(56)66)40(41)55(35)18-6-7-19-55/h10,13-14,25-26,29-30,33,35,37,42,48,51-53,61-66,70-72H,5-9,12,15,17-24,27-28H2,1-4H3,(H,67,68)(H3,58,59,60)/t30-,33-,35-,37+,42+,48-,51+,52-,53+,56+,57-/m0/s1. The molecule has 0 aromatic heterocycles. The average Bonchev–Trinajstić information content (AvgIpc) is 3.97. The van der Waals surface area contributed by atoms with Crippen LogP contribution in [0.15, 0.2) is 35.3 Å². The number of phenols is 2. The fourth-order valence-corrected chi connectivity index (χ4v) is 12.9. The fourth-order valence-electron chi connectivity index (χ4n) is 12.9. The Labute approximate surface area is 452 Å². The highest BCUT2D eigenvalue weighted by Gasteiger charge is 2.68. The average molecular weight is 1090 g/mol. The van der Waals surface area contributed by atoms with E-state index >= 15 is 0 Å². The largest absolute Gasteiger partial charge is 0.504 e.